The van der Waals surface area contributed by atoms with Crippen molar-refractivity contribution in [1.82, 2.24) is 15.3 Å². The molecule has 0 bridgehead atoms. The lowest BCUT2D eigenvalue weighted by atomic mass is 10.2. The number of nitrogens with zero attached hydrogens (tertiary/aromatic N) is 2. The van der Waals surface area contributed by atoms with E-state index >= 15 is 0 Å². The number of anilines is 1. The van der Waals surface area contributed by atoms with E-state index in [9.17, 15) is 4.79 Å². The average molecular weight is 380 g/mol. The Hall–Kier alpha value is -2.17. The number of rotatable bonds is 4. The molecule has 0 saturated carbocycles. The summed E-state index contributed by atoms with van der Waals surface area (Å²) in [5.74, 6) is 0.992. The molecule has 1 amide bonds. The zero-order valence-electron chi connectivity index (χ0n) is 12.7. The van der Waals surface area contributed by atoms with Crippen molar-refractivity contribution in [2.45, 2.75) is 0 Å². The Balaban J connectivity index is 1.94. The SMILES string of the molecule is COc1nc(-c2csc(C=C3SC(=S)NC3=O)c2)nc(N)c1OC. The summed E-state index contributed by atoms with van der Waals surface area (Å²) >= 11 is 7.67. The number of hydrogen-bond donors (Lipinski definition) is 2. The van der Waals surface area contributed by atoms with Crippen molar-refractivity contribution in [2.75, 3.05) is 20.0 Å². The van der Waals surface area contributed by atoms with Crippen molar-refractivity contribution in [3.05, 3.63) is 21.2 Å². The number of thioether (sulfide) groups is 1. The Kier molecular flexibility index (Phi) is 4.69. The second-order valence-electron chi connectivity index (χ2n) is 4.56. The molecule has 10 heteroatoms. The highest BCUT2D eigenvalue weighted by Crippen LogP contribution is 2.34. The molecule has 0 atom stereocenters. The lowest BCUT2D eigenvalue weighted by Crippen LogP contribution is -2.17. The molecule has 0 radical (unpaired) electrons. The molecule has 0 unspecified atom stereocenters. The molecule has 24 heavy (non-hydrogen) atoms. The van der Waals surface area contributed by atoms with Gasteiger partial charge in [-0.25, -0.2) is 4.98 Å². The third-order valence-electron chi connectivity index (χ3n) is 3.05. The molecule has 3 heterocycles. The number of nitrogens with one attached hydrogen (secondary N) is 1. The molecule has 0 spiro atoms. The van der Waals surface area contributed by atoms with Gasteiger partial charge in [0.1, 0.15) is 4.32 Å². The number of hydrogen-bond acceptors (Lipinski definition) is 9. The number of carbonyl (C=O) groups is 1. The van der Waals surface area contributed by atoms with Crippen LogP contribution in [0.3, 0.4) is 0 Å². The van der Waals surface area contributed by atoms with E-state index in [0.717, 1.165) is 10.4 Å². The first-order valence-electron chi connectivity index (χ1n) is 6.61. The number of thiophene rings is 1. The number of ether oxygens (including phenoxy) is 2. The van der Waals surface area contributed by atoms with Gasteiger partial charge in [-0.1, -0.05) is 24.0 Å². The van der Waals surface area contributed by atoms with E-state index in [1.807, 2.05) is 11.4 Å². The smallest absolute Gasteiger partial charge is 0.263 e. The standard InChI is InChI=1S/C14H12N4O3S3/c1-20-9-10(15)16-11(17-13(9)21-2)6-3-7(23-5-6)4-8-12(19)18-14(22)24-8/h3-5H,1-2H3,(H2,15,16,17)(H,18,19,22). The second kappa shape index (κ2) is 6.75. The summed E-state index contributed by atoms with van der Waals surface area (Å²) < 4.78 is 10.8. The van der Waals surface area contributed by atoms with Gasteiger partial charge >= 0.3 is 0 Å². The van der Waals surface area contributed by atoms with Crippen LogP contribution < -0.4 is 20.5 Å². The maximum atomic E-state index is 11.7. The van der Waals surface area contributed by atoms with E-state index in [1.54, 1.807) is 6.08 Å². The summed E-state index contributed by atoms with van der Waals surface area (Å²) in [6.07, 6.45) is 1.78. The van der Waals surface area contributed by atoms with E-state index in [-0.39, 0.29) is 17.6 Å². The molecule has 124 valence electrons. The quantitative estimate of drug-likeness (QED) is 0.616. The first kappa shape index (κ1) is 16.7. The van der Waals surface area contributed by atoms with Gasteiger partial charge in [-0.2, -0.15) is 4.98 Å². The molecular weight excluding hydrogens is 368 g/mol. The molecule has 1 saturated heterocycles. The number of carbonyl (C=O) groups excluding carboxylic acids is 1. The number of nitrogen functional groups attached to an aromatic ring is 1. The summed E-state index contributed by atoms with van der Waals surface area (Å²) in [6, 6.07) is 1.87. The first-order chi connectivity index (χ1) is 11.5. The summed E-state index contributed by atoms with van der Waals surface area (Å²) in [6.45, 7) is 0. The number of methoxy groups -OCH3 is 2. The van der Waals surface area contributed by atoms with Crippen LogP contribution in [0.4, 0.5) is 5.82 Å². The Morgan fingerprint density at radius 1 is 1.33 bits per heavy atom. The van der Waals surface area contributed by atoms with Crippen LogP contribution >= 0.6 is 35.3 Å². The van der Waals surface area contributed by atoms with Gasteiger partial charge in [0, 0.05) is 15.8 Å². The highest BCUT2D eigenvalue weighted by molar-refractivity contribution is 8.26. The molecule has 7 nitrogen and oxygen atoms in total. The average Bonchev–Trinajstić information content (AvgIpc) is 3.13. The van der Waals surface area contributed by atoms with Gasteiger partial charge in [0.15, 0.2) is 11.6 Å². The second-order valence-corrected chi connectivity index (χ2v) is 7.23. The summed E-state index contributed by atoms with van der Waals surface area (Å²) in [5, 5.41) is 4.46. The minimum absolute atomic E-state index is 0.188. The highest BCUT2D eigenvalue weighted by Gasteiger charge is 2.22. The number of thiocarbonyl (C=S) groups is 1. The molecule has 2 aromatic rings. The third kappa shape index (κ3) is 3.21. The highest BCUT2D eigenvalue weighted by atomic mass is 32.2. The molecule has 1 aliphatic heterocycles. The predicted octanol–water partition coefficient (Wildman–Crippen LogP) is 2.29. The van der Waals surface area contributed by atoms with Crippen LogP contribution in [-0.2, 0) is 4.79 Å². The number of amides is 1. The minimum atomic E-state index is -0.188. The van der Waals surface area contributed by atoms with Crippen molar-refractivity contribution in [2.24, 2.45) is 0 Å². The zero-order chi connectivity index (χ0) is 17.3. The van der Waals surface area contributed by atoms with E-state index in [0.29, 0.717) is 20.8 Å². The van der Waals surface area contributed by atoms with E-state index in [1.165, 1.54) is 37.3 Å². The Morgan fingerprint density at radius 3 is 2.75 bits per heavy atom. The Labute approximate surface area is 151 Å². The fourth-order valence-electron chi connectivity index (χ4n) is 2.00. The Morgan fingerprint density at radius 2 is 2.12 bits per heavy atom. The number of nitrogens with two attached hydrogens (primary N) is 1. The fraction of sp³-hybridized carbons (Fsp3) is 0.143. The topological polar surface area (TPSA) is 99.4 Å². The first-order valence-corrected chi connectivity index (χ1v) is 8.71. The van der Waals surface area contributed by atoms with Crippen molar-refractivity contribution >= 4 is 57.4 Å². The van der Waals surface area contributed by atoms with Crippen molar-refractivity contribution < 1.29 is 14.3 Å². The zero-order valence-corrected chi connectivity index (χ0v) is 15.1. The lowest BCUT2D eigenvalue weighted by Gasteiger charge is -2.09. The maximum Gasteiger partial charge on any atom is 0.263 e. The van der Waals surface area contributed by atoms with Crippen LogP contribution in [-0.4, -0.2) is 34.4 Å². The summed E-state index contributed by atoms with van der Waals surface area (Å²) in [4.78, 5) is 21.7. The van der Waals surface area contributed by atoms with E-state index < -0.39 is 0 Å². The Bertz CT molecular complexity index is 863. The number of aromatic nitrogens is 2. The minimum Gasteiger partial charge on any atom is -0.489 e. The maximum absolute atomic E-state index is 11.7. The summed E-state index contributed by atoms with van der Waals surface area (Å²) in [5.41, 5.74) is 6.65. The summed E-state index contributed by atoms with van der Waals surface area (Å²) in [7, 11) is 2.96. The molecular formula is C14H12N4O3S3. The van der Waals surface area contributed by atoms with Crippen molar-refractivity contribution in [3.8, 4) is 23.0 Å². The van der Waals surface area contributed by atoms with Gasteiger partial charge in [0.25, 0.3) is 11.8 Å². The van der Waals surface area contributed by atoms with Gasteiger partial charge in [0.05, 0.1) is 19.1 Å². The van der Waals surface area contributed by atoms with Gasteiger partial charge in [0.2, 0.25) is 5.75 Å². The molecule has 3 rings (SSSR count). The van der Waals surface area contributed by atoms with E-state index in [2.05, 4.69) is 15.3 Å². The lowest BCUT2D eigenvalue weighted by molar-refractivity contribution is -0.115. The van der Waals surface area contributed by atoms with Crippen LogP contribution in [0.15, 0.2) is 16.4 Å². The fourth-order valence-corrected chi connectivity index (χ4v) is 3.93. The van der Waals surface area contributed by atoms with Crippen LogP contribution in [0.25, 0.3) is 17.5 Å². The largest absolute Gasteiger partial charge is 0.489 e. The monoisotopic (exact) mass is 380 g/mol. The van der Waals surface area contributed by atoms with Crippen LogP contribution in [0.2, 0.25) is 0 Å². The normalized spacial score (nSPS) is 15.7. The molecule has 0 aliphatic carbocycles. The van der Waals surface area contributed by atoms with Gasteiger partial charge < -0.3 is 20.5 Å². The van der Waals surface area contributed by atoms with Gasteiger partial charge in [-0.3, -0.25) is 4.79 Å². The van der Waals surface area contributed by atoms with Gasteiger partial charge in [-0.05, 0) is 12.1 Å². The van der Waals surface area contributed by atoms with Gasteiger partial charge in [-0.15, -0.1) is 11.3 Å². The van der Waals surface area contributed by atoms with Crippen LogP contribution in [0, 0.1) is 0 Å². The molecule has 3 N–H and O–H groups in total. The predicted molar refractivity (Wildman–Crippen MR) is 99.2 cm³/mol. The van der Waals surface area contributed by atoms with Crippen molar-refractivity contribution in [1.29, 1.82) is 0 Å². The molecule has 2 aromatic heterocycles. The molecule has 1 aliphatic rings. The van der Waals surface area contributed by atoms with Crippen LogP contribution in [0.5, 0.6) is 11.6 Å². The van der Waals surface area contributed by atoms with E-state index in [4.69, 9.17) is 27.4 Å². The molecule has 1 fully saturated rings. The van der Waals surface area contributed by atoms with Crippen molar-refractivity contribution in [3.63, 3.8) is 0 Å². The third-order valence-corrected chi connectivity index (χ3v) is 5.09. The molecule has 0 aromatic carbocycles. The van der Waals surface area contributed by atoms with Crippen LogP contribution in [0.1, 0.15) is 4.88 Å².